The van der Waals surface area contributed by atoms with Crippen LogP contribution in [0.5, 0.6) is 0 Å². The molecule has 1 aromatic carbocycles. The first-order valence-corrected chi connectivity index (χ1v) is 7.70. The Balaban J connectivity index is 1.36. The standard InChI is InChI=1S/C16H18N4O2/c21-15-2-1-5-20(15)13-9-19(10-13)16(22)7-11-3-4-12-8-17-18-14(12)6-11/h3-4,6,8,13H,1-2,5,7,9-10H2,(H,17,18). The third-order valence-corrected chi connectivity index (χ3v) is 4.63. The molecule has 2 aromatic rings. The van der Waals surface area contributed by atoms with Crippen molar-refractivity contribution in [1.29, 1.82) is 0 Å². The maximum Gasteiger partial charge on any atom is 0.227 e. The number of carbonyl (C=O) groups excluding carboxylic acids is 2. The molecule has 2 aliphatic heterocycles. The normalized spacial score (nSPS) is 19.0. The highest BCUT2D eigenvalue weighted by molar-refractivity contribution is 5.84. The van der Waals surface area contributed by atoms with Gasteiger partial charge in [-0.05, 0) is 18.1 Å². The number of amides is 2. The van der Waals surface area contributed by atoms with E-state index in [-0.39, 0.29) is 17.9 Å². The van der Waals surface area contributed by atoms with Gasteiger partial charge in [0.15, 0.2) is 0 Å². The Kier molecular flexibility index (Phi) is 3.10. The molecule has 0 aliphatic carbocycles. The maximum atomic E-state index is 12.3. The zero-order valence-corrected chi connectivity index (χ0v) is 12.3. The summed E-state index contributed by atoms with van der Waals surface area (Å²) in [6, 6.07) is 6.15. The molecule has 1 N–H and O–H groups in total. The number of hydrogen-bond donors (Lipinski definition) is 1. The number of H-pyrrole nitrogens is 1. The van der Waals surface area contributed by atoms with Crippen molar-refractivity contribution < 1.29 is 9.59 Å². The summed E-state index contributed by atoms with van der Waals surface area (Å²) in [5.41, 5.74) is 1.94. The van der Waals surface area contributed by atoms with Crippen LogP contribution < -0.4 is 0 Å². The Morgan fingerprint density at radius 2 is 2.23 bits per heavy atom. The number of benzene rings is 1. The fourth-order valence-electron chi connectivity index (χ4n) is 3.29. The van der Waals surface area contributed by atoms with Crippen molar-refractivity contribution in [2.24, 2.45) is 0 Å². The van der Waals surface area contributed by atoms with Crippen molar-refractivity contribution >= 4 is 22.7 Å². The first kappa shape index (κ1) is 13.3. The summed E-state index contributed by atoms with van der Waals surface area (Å²) >= 11 is 0. The quantitative estimate of drug-likeness (QED) is 0.917. The number of nitrogens with zero attached hydrogens (tertiary/aromatic N) is 3. The van der Waals surface area contributed by atoms with Crippen LogP contribution in [0.15, 0.2) is 24.4 Å². The number of aromatic nitrogens is 2. The van der Waals surface area contributed by atoms with Gasteiger partial charge in [-0.25, -0.2) is 0 Å². The van der Waals surface area contributed by atoms with Crippen molar-refractivity contribution in [2.75, 3.05) is 19.6 Å². The third kappa shape index (κ3) is 2.24. The van der Waals surface area contributed by atoms with E-state index in [9.17, 15) is 9.59 Å². The number of nitrogens with one attached hydrogen (secondary N) is 1. The lowest BCUT2D eigenvalue weighted by Gasteiger charge is -2.44. The Morgan fingerprint density at radius 3 is 3.00 bits per heavy atom. The molecule has 2 fully saturated rings. The SMILES string of the molecule is O=C(Cc1ccc2cn[nH]c2c1)N1CC(N2CCCC2=O)C1. The summed E-state index contributed by atoms with van der Waals surface area (Å²) in [5, 5.41) is 7.96. The number of likely N-dealkylation sites (tertiary alicyclic amines) is 2. The number of carbonyl (C=O) groups is 2. The van der Waals surface area contributed by atoms with Crippen molar-refractivity contribution in [1.82, 2.24) is 20.0 Å². The largest absolute Gasteiger partial charge is 0.338 e. The molecule has 0 atom stereocenters. The zero-order valence-electron chi connectivity index (χ0n) is 12.3. The summed E-state index contributed by atoms with van der Waals surface area (Å²) in [6.07, 6.45) is 3.78. The van der Waals surface area contributed by atoms with E-state index in [1.165, 1.54) is 0 Å². The van der Waals surface area contributed by atoms with Gasteiger partial charge >= 0.3 is 0 Å². The van der Waals surface area contributed by atoms with Crippen LogP contribution in [-0.4, -0.2) is 57.5 Å². The molecule has 6 nitrogen and oxygen atoms in total. The number of rotatable bonds is 3. The summed E-state index contributed by atoms with van der Waals surface area (Å²) in [7, 11) is 0. The molecular weight excluding hydrogens is 280 g/mol. The molecule has 4 rings (SSSR count). The van der Waals surface area contributed by atoms with E-state index < -0.39 is 0 Å². The number of fused-ring (bicyclic) bond motifs is 1. The molecule has 2 amide bonds. The topological polar surface area (TPSA) is 69.3 Å². The van der Waals surface area contributed by atoms with Crippen molar-refractivity contribution in [2.45, 2.75) is 25.3 Å². The van der Waals surface area contributed by atoms with Gasteiger partial charge in [0, 0.05) is 31.4 Å². The highest BCUT2D eigenvalue weighted by atomic mass is 16.2. The van der Waals surface area contributed by atoms with Gasteiger partial charge in [0.25, 0.3) is 0 Å². The number of aromatic amines is 1. The van der Waals surface area contributed by atoms with Gasteiger partial charge in [-0.15, -0.1) is 0 Å². The van der Waals surface area contributed by atoms with Gasteiger partial charge in [-0.1, -0.05) is 12.1 Å². The summed E-state index contributed by atoms with van der Waals surface area (Å²) in [5.74, 6) is 0.364. The Bertz CT molecular complexity index is 733. The smallest absolute Gasteiger partial charge is 0.227 e. The van der Waals surface area contributed by atoms with Crippen molar-refractivity contribution in [3.8, 4) is 0 Å². The zero-order chi connectivity index (χ0) is 15.1. The van der Waals surface area contributed by atoms with Crippen LogP contribution in [0.1, 0.15) is 18.4 Å². The van der Waals surface area contributed by atoms with Crippen molar-refractivity contribution in [3.63, 3.8) is 0 Å². The summed E-state index contributed by atoms with van der Waals surface area (Å²) in [6.45, 7) is 2.20. The highest BCUT2D eigenvalue weighted by Gasteiger charge is 2.38. The van der Waals surface area contributed by atoms with Crippen LogP contribution in [0.3, 0.4) is 0 Å². The minimum atomic E-state index is 0.127. The van der Waals surface area contributed by atoms with E-state index in [0.29, 0.717) is 25.9 Å². The van der Waals surface area contributed by atoms with Crippen LogP contribution in [-0.2, 0) is 16.0 Å². The van der Waals surface area contributed by atoms with Gasteiger partial charge in [0.1, 0.15) is 0 Å². The molecule has 114 valence electrons. The minimum Gasteiger partial charge on any atom is -0.338 e. The minimum absolute atomic E-state index is 0.127. The van der Waals surface area contributed by atoms with Crippen LogP contribution in [0, 0.1) is 0 Å². The molecule has 0 radical (unpaired) electrons. The Morgan fingerprint density at radius 1 is 1.36 bits per heavy atom. The lowest BCUT2D eigenvalue weighted by molar-refractivity contribution is -0.143. The molecule has 1 aromatic heterocycles. The lowest BCUT2D eigenvalue weighted by Crippen LogP contribution is -2.61. The van der Waals surface area contributed by atoms with Crippen molar-refractivity contribution in [3.05, 3.63) is 30.0 Å². The molecule has 6 heteroatoms. The van der Waals surface area contributed by atoms with Gasteiger partial charge in [0.2, 0.25) is 11.8 Å². The molecule has 0 spiro atoms. The van der Waals surface area contributed by atoms with Crippen LogP contribution in [0.4, 0.5) is 0 Å². The van der Waals surface area contributed by atoms with E-state index in [1.54, 1.807) is 6.20 Å². The average Bonchev–Trinajstić information content (AvgIpc) is 3.06. The second-order valence-electron chi connectivity index (χ2n) is 6.11. The van der Waals surface area contributed by atoms with Gasteiger partial charge in [-0.3, -0.25) is 14.7 Å². The van der Waals surface area contributed by atoms with Gasteiger partial charge in [0.05, 0.1) is 24.2 Å². The van der Waals surface area contributed by atoms with E-state index in [4.69, 9.17) is 0 Å². The lowest BCUT2D eigenvalue weighted by atomic mass is 10.0. The predicted molar refractivity (Wildman–Crippen MR) is 81.1 cm³/mol. The van der Waals surface area contributed by atoms with Gasteiger partial charge in [-0.2, -0.15) is 5.10 Å². The molecule has 0 bridgehead atoms. The maximum absolute atomic E-state index is 12.3. The first-order chi connectivity index (χ1) is 10.7. The fraction of sp³-hybridized carbons (Fsp3) is 0.438. The summed E-state index contributed by atoms with van der Waals surface area (Å²) in [4.78, 5) is 27.8. The average molecular weight is 298 g/mol. The second-order valence-corrected chi connectivity index (χ2v) is 6.11. The molecule has 22 heavy (non-hydrogen) atoms. The molecule has 0 unspecified atom stereocenters. The third-order valence-electron chi connectivity index (χ3n) is 4.63. The second kappa shape index (κ2) is 5.12. The monoisotopic (exact) mass is 298 g/mol. The van der Waals surface area contributed by atoms with Crippen LogP contribution in [0.2, 0.25) is 0 Å². The van der Waals surface area contributed by atoms with Gasteiger partial charge < -0.3 is 9.80 Å². The predicted octanol–water partition coefficient (Wildman–Crippen LogP) is 0.939. The van der Waals surface area contributed by atoms with E-state index in [0.717, 1.165) is 29.4 Å². The molecule has 2 saturated heterocycles. The molecule has 2 aliphatic rings. The Labute approximate surface area is 128 Å². The molecule has 0 saturated carbocycles. The van der Waals surface area contributed by atoms with Crippen LogP contribution in [0.25, 0.3) is 10.9 Å². The van der Waals surface area contributed by atoms with E-state index in [2.05, 4.69) is 10.2 Å². The summed E-state index contributed by atoms with van der Waals surface area (Å²) < 4.78 is 0. The fourth-order valence-corrected chi connectivity index (χ4v) is 3.29. The van der Waals surface area contributed by atoms with Crippen LogP contribution >= 0.6 is 0 Å². The molecular formula is C16H18N4O2. The van der Waals surface area contributed by atoms with E-state index >= 15 is 0 Å². The number of hydrogen-bond acceptors (Lipinski definition) is 3. The Hall–Kier alpha value is -2.37. The highest BCUT2D eigenvalue weighted by Crippen LogP contribution is 2.22. The van der Waals surface area contributed by atoms with E-state index in [1.807, 2.05) is 28.0 Å². The molecule has 3 heterocycles. The first-order valence-electron chi connectivity index (χ1n) is 7.70.